The molecule has 0 saturated heterocycles. The number of benzene rings is 1. The maximum Gasteiger partial charge on any atom is 0.267 e. The number of carbonyl (C=O) groups is 1. The van der Waals surface area contributed by atoms with Crippen molar-refractivity contribution < 1.29 is 4.79 Å². The first-order chi connectivity index (χ1) is 10.7. The van der Waals surface area contributed by atoms with E-state index in [1.54, 1.807) is 11.3 Å². The number of fused-ring (bicyclic) bond motifs is 1. The molecule has 2 heterocycles. The fraction of sp³-hybridized carbons (Fsp3) is 0.235. The minimum Gasteiger partial charge on any atom is -0.351 e. The molecule has 3 nitrogen and oxygen atoms in total. The molecule has 0 spiro atoms. The number of amides is 1. The van der Waals surface area contributed by atoms with Crippen molar-refractivity contribution in [2.75, 3.05) is 6.54 Å². The zero-order valence-corrected chi connectivity index (χ0v) is 14.7. The summed E-state index contributed by atoms with van der Waals surface area (Å²) in [5.74, 6) is -0.00250. The molecule has 0 aliphatic carbocycles. The highest BCUT2D eigenvalue weighted by atomic mass is 79.9. The molecule has 22 heavy (non-hydrogen) atoms. The van der Waals surface area contributed by atoms with E-state index in [0.29, 0.717) is 13.1 Å². The lowest BCUT2D eigenvalue weighted by Crippen LogP contribution is -2.26. The predicted molar refractivity (Wildman–Crippen MR) is 95.7 cm³/mol. The number of halogens is 1. The third-order valence-corrected chi connectivity index (χ3v) is 5.09. The first-order valence-electron chi connectivity index (χ1n) is 7.29. The number of rotatable bonds is 5. The normalized spacial score (nSPS) is 11.0. The van der Waals surface area contributed by atoms with Crippen LogP contribution in [0.2, 0.25) is 0 Å². The van der Waals surface area contributed by atoms with Crippen LogP contribution in [0.15, 0.2) is 46.3 Å². The van der Waals surface area contributed by atoms with E-state index < -0.39 is 0 Å². The zero-order valence-electron chi connectivity index (χ0n) is 12.3. The predicted octanol–water partition coefficient (Wildman–Crippen LogP) is 4.65. The van der Waals surface area contributed by atoms with Gasteiger partial charge in [0.1, 0.15) is 5.69 Å². The van der Waals surface area contributed by atoms with Crippen LogP contribution in [-0.4, -0.2) is 17.0 Å². The van der Waals surface area contributed by atoms with Gasteiger partial charge in [-0.05, 0) is 40.0 Å². The lowest BCUT2D eigenvalue weighted by Gasteiger charge is -2.10. The van der Waals surface area contributed by atoms with E-state index >= 15 is 0 Å². The molecule has 0 aliphatic rings. The van der Waals surface area contributed by atoms with Gasteiger partial charge in [0.15, 0.2) is 0 Å². The molecule has 1 aromatic carbocycles. The van der Waals surface area contributed by atoms with Gasteiger partial charge < -0.3 is 9.88 Å². The topological polar surface area (TPSA) is 34.0 Å². The van der Waals surface area contributed by atoms with Crippen molar-refractivity contribution in [2.24, 2.45) is 0 Å². The summed E-state index contributed by atoms with van der Waals surface area (Å²) >= 11 is 5.19. The van der Waals surface area contributed by atoms with Crippen molar-refractivity contribution in [3.63, 3.8) is 0 Å². The summed E-state index contributed by atoms with van der Waals surface area (Å²) in [6.45, 7) is 3.45. The van der Waals surface area contributed by atoms with E-state index in [4.69, 9.17) is 0 Å². The molecule has 1 N–H and O–H groups in total. The molecule has 1 amide bonds. The molecular weight excluding hydrogens is 360 g/mol. The second-order valence-electron chi connectivity index (χ2n) is 5.16. The van der Waals surface area contributed by atoms with Gasteiger partial charge in [0, 0.05) is 13.1 Å². The number of nitrogens with zero attached hydrogens (tertiary/aromatic N) is 1. The van der Waals surface area contributed by atoms with Crippen molar-refractivity contribution >= 4 is 43.4 Å². The molecular formula is C17H17BrN2OS. The minimum absolute atomic E-state index is 0.00250. The van der Waals surface area contributed by atoms with E-state index in [1.165, 1.54) is 5.56 Å². The van der Waals surface area contributed by atoms with Crippen molar-refractivity contribution in [3.8, 4) is 0 Å². The second-order valence-corrected chi connectivity index (χ2v) is 7.62. The molecule has 5 heteroatoms. The average Bonchev–Trinajstić information content (AvgIpc) is 3.03. The quantitative estimate of drug-likeness (QED) is 0.690. The standard InChI is InChI=1S/C17H17BrN2OS/c1-2-8-19-17(21)14-9-15-13(10-16(18)22-15)20(14)11-12-6-4-3-5-7-12/h3-7,9-10H,2,8,11H2,1H3,(H,19,21). The number of hydrogen-bond acceptors (Lipinski definition) is 2. The summed E-state index contributed by atoms with van der Waals surface area (Å²) in [6, 6.07) is 14.3. The Bertz CT molecular complexity index is 792. The van der Waals surface area contributed by atoms with Crippen LogP contribution in [0.5, 0.6) is 0 Å². The van der Waals surface area contributed by atoms with Gasteiger partial charge in [-0.2, -0.15) is 0 Å². The fourth-order valence-corrected chi connectivity index (χ4v) is 4.03. The van der Waals surface area contributed by atoms with Gasteiger partial charge in [-0.25, -0.2) is 0 Å². The molecule has 0 atom stereocenters. The van der Waals surface area contributed by atoms with Crippen molar-refractivity contribution in [1.82, 2.24) is 9.88 Å². The van der Waals surface area contributed by atoms with Crippen molar-refractivity contribution in [1.29, 1.82) is 0 Å². The van der Waals surface area contributed by atoms with E-state index in [1.807, 2.05) is 24.3 Å². The highest BCUT2D eigenvalue weighted by molar-refractivity contribution is 9.11. The van der Waals surface area contributed by atoms with Gasteiger partial charge in [0.25, 0.3) is 5.91 Å². The maximum absolute atomic E-state index is 12.4. The van der Waals surface area contributed by atoms with E-state index in [0.717, 1.165) is 26.1 Å². The van der Waals surface area contributed by atoms with Crippen LogP contribution >= 0.6 is 27.3 Å². The third kappa shape index (κ3) is 3.10. The lowest BCUT2D eigenvalue weighted by molar-refractivity contribution is 0.0945. The Morgan fingerprint density at radius 1 is 1.27 bits per heavy atom. The van der Waals surface area contributed by atoms with Gasteiger partial charge in [-0.3, -0.25) is 4.79 Å². The lowest BCUT2D eigenvalue weighted by atomic mass is 10.2. The van der Waals surface area contributed by atoms with Gasteiger partial charge in [-0.15, -0.1) is 11.3 Å². The zero-order chi connectivity index (χ0) is 15.5. The number of nitrogens with one attached hydrogen (secondary N) is 1. The number of thiophene rings is 1. The summed E-state index contributed by atoms with van der Waals surface area (Å²) < 4.78 is 4.31. The molecule has 114 valence electrons. The summed E-state index contributed by atoms with van der Waals surface area (Å²) in [6.07, 6.45) is 0.936. The van der Waals surface area contributed by atoms with E-state index in [-0.39, 0.29) is 5.91 Å². The highest BCUT2D eigenvalue weighted by Gasteiger charge is 2.17. The van der Waals surface area contributed by atoms with Crippen LogP contribution in [-0.2, 0) is 6.54 Å². The molecule has 0 radical (unpaired) electrons. The summed E-state index contributed by atoms with van der Waals surface area (Å²) in [4.78, 5) is 12.4. The van der Waals surface area contributed by atoms with E-state index in [9.17, 15) is 4.79 Å². The SMILES string of the molecule is CCCNC(=O)c1cc2sc(Br)cc2n1Cc1ccccc1. The fourth-order valence-electron chi connectivity index (χ4n) is 2.47. The molecule has 2 aromatic heterocycles. The number of hydrogen-bond donors (Lipinski definition) is 1. The summed E-state index contributed by atoms with van der Waals surface area (Å²) in [5, 5.41) is 2.97. The Morgan fingerprint density at radius 3 is 2.77 bits per heavy atom. The Morgan fingerprint density at radius 2 is 2.05 bits per heavy atom. The largest absolute Gasteiger partial charge is 0.351 e. The van der Waals surface area contributed by atoms with Crippen LogP contribution in [0, 0.1) is 0 Å². The number of carbonyl (C=O) groups excluding carboxylic acids is 1. The monoisotopic (exact) mass is 376 g/mol. The summed E-state index contributed by atoms with van der Waals surface area (Å²) in [5.41, 5.74) is 3.01. The van der Waals surface area contributed by atoms with Gasteiger partial charge >= 0.3 is 0 Å². The van der Waals surface area contributed by atoms with Crippen LogP contribution < -0.4 is 5.32 Å². The first-order valence-corrected chi connectivity index (χ1v) is 8.90. The average molecular weight is 377 g/mol. The Kier molecular flexibility index (Phi) is 4.64. The first kappa shape index (κ1) is 15.3. The Hall–Kier alpha value is -1.59. The molecule has 0 fully saturated rings. The van der Waals surface area contributed by atoms with Gasteiger partial charge in [0.2, 0.25) is 0 Å². The molecule has 0 aliphatic heterocycles. The number of aromatic nitrogens is 1. The highest BCUT2D eigenvalue weighted by Crippen LogP contribution is 2.33. The molecule has 0 saturated carbocycles. The van der Waals surface area contributed by atoms with Crippen molar-refractivity contribution in [3.05, 3.63) is 57.5 Å². The smallest absolute Gasteiger partial charge is 0.267 e. The minimum atomic E-state index is -0.00250. The van der Waals surface area contributed by atoms with Crippen LogP contribution in [0.25, 0.3) is 10.2 Å². The Balaban J connectivity index is 2.01. The maximum atomic E-state index is 12.4. The van der Waals surface area contributed by atoms with Crippen LogP contribution in [0.4, 0.5) is 0 Å². The van der Waals surface area contributed by atoms with Gasteiger partial charge in [-0.1, -0.05) is 37.3 Å². The van der Waals surface area contributed by atoms with Crippen LogP contribution in [0.1, 0.15) is 29.4 Å². The van der Waals surface area contributed by atoms with Crippen LogP contribution in [0.3, 0.4) is 0 Å². The van der Waals surface area contributed by atoms with Crippen molar-refractivity contribution in [2.45, 2.75) is 19.9 Å². The Labute approximate surface area is 142 Å². The van der Waals surface area contributed by atoms with Gasteiger partial charge in [0.05, 0.1) is 14.0 Å². The van der Waals surface area contributed by atoms with E-state index in [2.05, 4.69) is 50.9 Å². The molecule has 0 unspecified atom stereocenters. The summed E-state index contributed by atoms with van der Waals surface area (Å²) in [7, 11) is 0. The molecule has 3 aromatic rings. The molecule has 0 bridgehead atoms. The second kappa shape index (κ2) is 6.67. The third-order valence-electron chi connectivity index (χ3n) is 3.51. The molecule has 3 rings (SSSR count).